The van der Waals surface area contributed by atoms with Gasteiger partial charge in [0.05, 0.1) is 4.90 Å². The molecule has 4 rings (SSSR count). The van der Waals surface area contributed by atoms with Crippen LogP contribution in [0.1, 0.15) is 12.8 Å². The van der Waals surface area contributed by atoms with Gasteiger partial charge in [0.2, 0.25) is 15.9 Å². The maximum Gasteiger partial charge on any atom is 0.243 e. The van der Waals surface area contributed by atoms with Gasteiger partial charge in [-0.1, -0.05) is 18.2 Å². The van der Waals surface area contributed by atoms with Crippen LogP contribution >= 0.6 is 0 Å². The molecule has 0 radical (unpaired) electrons. The van der Waals surface area contributed by atoms with E-state index in [-0.39, 0.29) is 10.8 Å². The van der Waals surface area contributed by atoms with Crippen LogP contribution in [0.4, 0.5) is 0 Å². The first-order chi connectivity index (χ1) is 11.6. The molecule has 0 spiro atoms. The van der Waals surface area contributed by atoms with E-state index in [4.69, 9.17) is 0 Å². The van der Waals surface area contributed by atoms with Gasteiger partial charge in [0.1, 0.15) is 6.04 Å². The van der Waals surface area contributed by atoms with Crippen LogP contribution in [0, 0.1) is 11.8 Å². The normalized spacial score (nSPS) is 30.7. The fourth-order valence-electron chi connectivity index (χ4n) is 4.25. The lowest BCUT2D eigenvalue weighted by Crippen LogP contribution is -2.47. The van der Waals surface area contributed by atoms with E-state index in [0.717, 1.165) is 32.6 Å². The number of hydrogen-bond donors (Lipinski definition) is 1. The van der Waals surface area contributed by atoms with Gasteiger partial charge in [-0.05, 0) is 36.8 Å². The van der Waals surface area contributed by atoms with E-state index in [1.54, 1.807) is 30.3 Å². The van der Waals surface area contributed by atoms with Gasteiger partial charge in [0.15, 0.2) is 0 Å². The lowest BCUT2D eigenvalue weighted by atomic mass is 10.0. The summed E-state index contributed by atoms with van der Waals surface area (Å²) in [5.41, 5.74) is 0. The molecule has 0 bridgehead atoms. The van der Waals surface area contributed by atoms with Crippen LogP contribution in [-0.4, -0.2) is 62.3 Å². The van der Waals surface area contributed by atoms with Crippen LogP contribution in [0.25, 0.3) is 0 Å². The third kappa shape index (κ3) is 2.64. The molecule has 0 aliphatic carbocycles. The summed E-state index contributed by atoms with van der Waals surface area (Å²) in [5, 5.41) is 3.36. The van der Waals surface area contributed by atoms with Crippen molar-refractivity contribution in [2.24, 2.45) is 11.8 Å². The number of hydrogen-bond acceptors (Lipinski definition) is 4. The van der Waals surface area contributed by atoms with Gasteiger partial charge in [-0.25, -0.2) is 8.42 Å². The number of carbonyl (C=O) groups is 1. The average molecular weight is 349 g/mol. The number of nitrogens with one attached hydrogen (secondary N) is 1. The summed E-state index contributed by atoms with van der Waals surface area (Å²) in [6.07, 6.45) is 1.36. The molecule has 0 saturated carbocycles. The fraction of sp³-hybridized carbons (Fsp3) is 0.588. The molecule has 1 aromatic carbocycles. The average Bonchev–Trinajstić information content (AvgIpc) is 3.30. The molecule has 6 nitrogen and oxygen atoms in total. The number of rotatable bonds is 3. The second-order valence-corrected chi connectivity index (χ2v) is 8.90. The molecule has 1 N–H and O–H groups in total. The summed E-state index contributed by atoms with van der Waals surface area (Å²) in [5.74, 6) is 1.03. The summed E-state index contributed by atoms with van der Waals surface area (Å²) < 4.78 is 27.2. The molecule has 130 valence electrons. The monoisotopic (exact) mass is 349 g/mol. The number of fused-ring (bicyclic) bond motifs is 1. The molecule has 3 atom stereocenters. The predicted molar refractivity (Wildman–Crippen MR) is 89.8 cm³/mol. The van der Waals surface area contributed by atoms with E-state index in [9.17, 15) is 13.2 Å². The quantitative estimate of drug-likeness (QED) is 0.864. The summed E-state index contributed by atoms with van der Waals surface area (Å²) >= 11 is 0. The van der Waals surface area contributed by atoms with Gasteiger partial charge in [0.25, 0.3) is 0 Å². The first-order valence-electron chi connectivity index (χ1n) is 8.64. The first kappa shape index (κ1) is 16.1. The largest absolute Gasteiger partial charge is 0.341 e. The van der Waals surface area contributed by atoms with Gasteiger partial charge in [-0.2, -0.15) is 4.31 Å². The van der Waals surface area contributed by atoms with Crippen LogP contribution in [-0.2, 0) is 14.8 Å². The Balaban J connectivity index is 1.54. The predicted octanol–water partition coefficient (Wildman–Crippen LogP) is 0.518. The van der Waals surface area contributed by atoms with Crippen molar-refractivity contribution in [3.63, 3.8) is 0 Å². The fourth-order valence-corrected chi connectivity index (χ4v) is 5.92. The summed E-state index contributed by atoms with van der Waals surface area (Å²) in [6, 6.07) is 7.88. The molecule has 3 heterocycles. The van der Waals surface area contributed by atoms with Crippen molar-refractivity contribution >= 4 is 15.9 Å². The van der Waals surface area contributed by atoms with Crippen LogP contribution in [0.5, 0.6) is 0 Å². The highest BCUT2D eigenvalue weighted by Gasteiger charge is 2.45. The molecule has 3 aliphatic heterocycles. The maximum atomic E-state index is 13.0. The Labute approximate surface area is 142 Å². The van der Waals surface area contributed by atoms with E-state index < -0.39 is 16.1 Å². The van der Waals surface area contributed by atoms with Gasteiger partial charge < -0.3 is 10.2 Å². The van der Waals surface area contributed by atoms with Crippen molar-refractivity contribution in [3.05, 3.63) is 30.3 Å². The van der Waals surface area contributed by atoms with Crippen LogP contribution in [0.3, 0.4) is 0 Å². The Hall–Kier alpha value is -1.44. The summed E-state index contributed by atoms with van der Waals surface area (Å²) in [6.45, 7) is 3.87. The molecule has 1 aromatic rings. The molecule has 3 saturated heterocycles. The zero-order valence-corrected chi connectivity index (χ0v) is 14.4. The summed E-state index contributed by atoms with van der Waals surface area (Å²) in [7, 11) is -3.61. The lowest BCUT2D eigenvalue weighted by molar-refractivity contribution is -0.133. The van der Waals surface area contributed by atoms with Crippen molar-refractivity contribution < 1.29 is 13.2 Å². The van der Waals surface area contributed by atoms with Crippen molar-refractivity contribution in [2.75, 3.05) is 32.7 Å². The number of amides is 1. The highest BCUT2D eigenvalue weighted by molar-refractivity contribution is 7.89. The van der Waals surface area contributed by atoms with E-state index in [2.05, 4.69) is 5.32 Å². The van der Waals surface area contributed by atoms with Gasteiger partial charge >= 0.3 is 0 Å². The van der Waals surface area contributed by atoms with Crippen LogP contribution < -0.4 is 5.32 Å². The molecular weight excluding hydrogens is 326 g/mol. The number of benzene rings is 1. The lowest BCUT2D eigenvalue weighted by Gasteiger charge is -2.27. The Morgan fingerprint density at radius 2 is 1.75 bits per heavy atom. The molecular formula is C17H23N3O3S. The second-order valence-electron chi connectivity index (χ2n) is 7.01. The molecule has 1 unspecified atom stereocenters. The van der Waals surface area contributed by atoms with Crippen LogP contribution in [0.15, 0.2) is 35.2 Å². The third-order valence-electron chi connectivity index (χ3n) is 5.54. The zero-order chi connectivity index (χ0) is 16.7. The van der Waals surface area contributed by atoms with Crippen molar-refractivity contribution in [2.45, 2.75) is 23.8 Å². The SMILES string of the molecule is O=C(C1CCCN1S(=O)(=O)c1ccccc1)N1C[C@H]2CNC[C@H]2C1. The Morgan fingerprint density at radius 1 is 1.08 bits per heavy atom. The number of likely N-dealkylation sites (tertiary alicyclic amines) is 1. The zero-order valence-electron chi connectivity index (χ0n) is 13.6. The summed E-state index contributed by atoms with van der Waals surface area (Å²) in [4.78, 5) is 15.1. The van der Waals surface area contributed by atoms with Gasteiger partial charge in [-0.3, -0.25) is 4.79 Å². The maximum absolute atomic E-state index is 13.0. The Bertz CT molecular complexity index is 710. The Morgan fingerprint density at radius 3 is 2.42 bits per heavy atom. The highest BCUT2D eigenvalue weighted by Crippen LogP contribution is 2.31. The van der Waals surface area contributed by atoms with E-state index in [1.807, 2.05) is 4.90 Å². The first-order valence-corrected chi connectivity index (χ1v) is 10.1. The third-order valence-corrected chi connectivity index (χ3v) is 7.46. The van der Waals surface area contributed by atoms with Crippen molar-refractivity contribution in [1.82, 2.24) is 14.5 Å². The van der Waals surface area contributed by atoms with Gasteiger partial charge in [0, 0.05) is 32.7 Å². The van der Waals surface area contributed by atoms with Crippen molar-refractivity contribution in [3.8, 4) is 0 Å². The topological polar surface area (TPSA) is 69.7 Å². The smallest absolute Gasteiger partial charge is 0.243 e. The van der Waals surface area contributed by atoms with Crippen LogP contribution in [0.2, 0.25) is 0 Å². The minimum absolute atomic E-state index is 0.0126. The minimum atomic E-state index is -3.61. The molecule has 3 aliphatic rings. The Kier molecular flexibility index (Phi) is 4.10. The highest BCUT2D eigenvalue weighted by atomic mass is 32.2. The molecule has 24 heavy (non-hydrogen) atoms. The molecule has 0 aromatic heterocycles. The van der Waals surface area contributed by atoms with E-state index in [0.29, 0.717) is 24.8 Å². The molecule has 1 amide bonds. The number of sulfonamides is 1. The van der Waals surface area contributed by atoms with E-state index in [1.165, 1.54) is 4.31 Å². The minimum Gasteiger partial charge on any atom is -0.341 e. The van der Waals surface area contributed by atoms with E-state index >= 15 is 0 Å². The molecule has 7 heteroatoms. The number of carbonyl (C=O) groups excluding carboxylic acids is 1. The molecule has 3 fully saturated rings. The van der Waals surface area contributed by atoms with Crippen molar-refractivity contribution in [1.29, 1.82) is 0 Å². The standard InChI is InChI=1S/C17H23N3O3S/c21-17(19-11-13-9-18-10-14(13)12-19)16-7-4-8-20(16)24(22,23)15-5-2-1-3-6-15/h1-3,5-6,13-14,16,18H,4,7-12H2/t13-,14+,16?. The number of nitrogens with zero attached hydrogens (tertiary/aromatic N) is 2. The van der Waals surface area contributed by atoms with Gasteiger partial charge in [-0.15, -0.1) is 0 Å². The second kappa shape index (κ2) is 6.13.